The first-order valence-corrected chi connectivity index (χ1v) is 14.0. The molecule has 0 amide bonds. The number of nitrogens with zero attached hydrogens (tertiary/aromatic N) is 1. The normalized spacial score (nSPS) is 20.1. The molecule has 0 atom stereocenters. The molecular formula is C28H58N2. The second kappa shape index (κ2) is 14.1. The molecule has 0 bridgehead atoms. The molecule has 1 saturated heterocycles. The number of hydrogen-bond acceptors (Lipinski definition) is 2. The number of hydrogen-bond donors (Lipinski definition) is 1. The molecule has 0 aromatic heterocycles. The minimum Gasteiger partial charge on any atom is -0.292 e. The summed E-state index contributed by atoms with van der Waals surface area (Å²) in [5.41, 5.74) is 0.819. The first-order chi connectivity index (χ1) is 14.5. The van der Waals surface area contributed by atoms with E-state index in [1.54, 1.807) is 0 Å². The standard InChI is InChI=1S/C28H58N2/c1-8-14-20-26(21-15-9-2)27(22-16-10-3,23-17-11-4)30(7)28(29-26,24-18-12-5)25-19-13-6/h29H,8-25H2,1-7H3. The Hall–Kier alpha value is -0.0800. The molecule has 0 radical (unpaired) electrons. The molecule has 0 aliphatic carbocycles. The van der Waals surface area contributed by atoms with E-state index >= 15 is 0 Å². The lowest BCUT2D eigenvalue weighted by Gasteiger charge is -2.50. The molecule has 2 heteroatoms. The van der Waals surface area contributed by atoms with E-state index in [1.807, 2.05) is 0 Å². The zero-order valence-electron chi connectivity index (χ0n) is 22.2. The molecule has 0 saturated carbocycles. The van der Waals surface area contributed by atoms with Crippen LogP contribution in [0.4, 0.5) is 0 Å². The van der Waals surface area contributed by atoms with Gasteiger partial charge in [0.25, 0.3) is 0 Å². The maximum absolute atomic E-state index is 4.54. The summed E-state index contributed by atoms with van der Waals surface area (Å²) in [4.78, 5) is 2.96. The van der Waals surface area contributed by atoms with Gasteiger partial charge in [-0.3, -0.25) is 10.2 Å². The highest BCUT2D eigenvalue weighted by atomic mass is 15.5. The van der Waals surface area contributed by atoms with Crippen molar-refractivity contribution in [3.8, 4) is 0 Å². The molecular weight excluding hydrogens is 364 g/mol. The minimum atomic E-state index is 0.203. The molecule has 0 aromatic carbocycles. The summed E-state index contributed by atoms with van der Waals surface area (Å²) in [7, 11) is 2.53. The van der Waals surface area contributed by atoms with Crippen LogP contribution in [-0.4, -0.2) is 28.7 Å². The van der Waals surface area contributed by atoms with Crippen LogP contribution in [0.2, 0.25) is 0 Å². The number of unbranched alkanes of at least 4 members (excludes halogenated alkanes) is 6. The SMILES string of the molecule is CCCCC1(CCCC)NC(CCCC)(CCCC)C(CCCC)(CCCC)N1C. The highest BCUT2D eigenvalue weighted by Crippen LogP contribution is 2.53. The van der Waals surface area contributed by atoms with E-state index in [2.05, 4.69) is 58.8 Å². The molecule has 2 nitrogen and oxygen atoms in total. The van der Waals surface area contributed by atoms with Crippen LogP contribution in [-0.2, 0) is 0 Å². The van der Waals surface area contributed by atoms with Crippen LogP contribution in [0, 0.1) is 0 Å². The predicted octanol–water partition coefficient (Wildman–Crippen LogP) is 8.84. The zero-order chi connectivity index (χ0) is 22.5. The summed E-state index contributed by atoms with van der Waals surface area (Å²) in [5, 5.41) is 4.54. The van der Waals surface area contributed by atoms with Crippen molar-refractivity contribution >= 4 is 0 Å². The summed E-state index contributed by atoms with van der Waals surface area (Å²) in [6, 6.07) is 0. The fourth-order valence-corrected chi connectivity index (χ4v) is 6.45. The van der Waals surface area contributed by atoms with Gasteiger partial charge in [-0.2, -0.15) is 0 Å². The second-order valence-electron chi connectivity index (χ2n) is 10.5. The van der Waals surface area contributed by atoms with Gasteiger partial charge in [0.2, 0.25) is 0 Å². The van der Waals surface area contributed by atoms with E-state index in [4.69, 9.17) is 0 Å². The molecule has 1 aliphatic heterocycles. The third-order valence-corrected chi connectivity index (χ3v) is 8.34. The Bertz CT molecular complexity index is 406. The molecule has 0 unspecified atom stereocenters. The minimum absolute atomic E-state index is 0.203. The van der Waals surface area contributed by atoms with Crippen LogP contribution in [0.15, 0.2) is 0 Å². The average molecular weight is 423 g/mol. The quantitative estimate of drug-likeness (QED) is 0.237. The largest absolute Gasteiger partial charge is 0.292 e. The van der Waals surface area contributed by atoms with Crippen LogP contribution >= 0.6 is 0 Å². The van der Waals surface area contributed by atoms with Crippen molar-refractivity contribution in [2.24, 2.45) is 0 Å². The molecule has 1 heterocycles. The van der Waals surface area contributed by atoms with Gasteiger partial charge in [-0.25, -0.2) is 0 Å². The summed E-state index contributed by atoms with van der Waals surface area (Å²) in [6.45, 7) is 14.3. The summed E-state index contributed by atoms with van der Waals surface area (Å²) < 4.78 is 0. The van der Waals surface area contributed by atoms with Crippen molar-refractivity contribution in [3.63, 3.8) is 0 Å². The highest BCUT2D eigenvalue weighted by molar-refractivity contribution is 5.21. The Morgan fingerprint density at radius 2 is 0.833 bits per heavy atom. The first-order valence-electron chi connectivity index (χ1n) is 14.0. The fourth-order valence-electron chi connectivity index (χ4n) is 6.45. The van der Waals surface area contributed by atoms with Crippen molar-refractivity contribution < 1.29 is 0 Å². The summed E-state index contributed by atoms with van der Waals surface area (Å²) in [5.74, 6) is 0. The van der Waals surface area contributed by atoms with Gasteiger partial charge in [0, 0.05) is 11.1 Å². The van der Waals surface area contributed by atoms with E-state index in [9.17, 15) is 0 Å². The van der Waals surface area contributed by atoms with Gasteiger partial charge in [-0.15, -0.1) is 0 Å². The van der Waals surface area contributed by atoms with Crippen molar-refractivity contribution in [3.05, 3.63) is 0 Å². The van der Waals surface area contributed by atoms with Gasteiger partial charge < -0.3 is 0 Å². The topological polar surface area (TPSA) is 15.3 Å². The molecule has 1 aliphatic rings. The van der Waals surface area contributed by atoms with Gasteiger partial charge in [0.15, 0.2) is 0 Å². The van der Waals surface area contributed by atoms with Crippen LogP contribution in [0.1, 0.15) is 157 Å². The number of likely N-dealkylation sites (N-methyl/N-ethyl adjacent to an activating group) is 1. The van der Waals surface area contributed by atoms with Gasteiger partial charge in [0.05, 0.1) is 5.66 Å². The Balaban J connectivity index is 3.55. The first kappa shape index (κ1) is 28.0. The molecule has 180 valence electrons. The Labute approximate surface area is 191 Å². The number of rotatable bonds is 18. The lowest BCUT2D eigenvalue weighted by atomic mass is 9.66. The van der Waals surface area contributed by atoms with Gasteiger partial charge in [0.1, 0.15) is 0 Å². The molecule has 0 spiro atoms. The summed E-state index contributed by atoms with van der Waals surface area (Å²) in [6.07, 6.45) is 24.1. The number of nitrogens with one attached hydrogen (secondary N) is 1. The molecule has 30 heavy (non-hydrogen) atoms. The third kappa shape index (κ3) is 6.25. The smallest absolute Gasteiger partial charge is 0.0720 e. The maximum Gasteiger partial charge on any atom is 0.0720 e. The molecule has 1 N–H and O–H groups in total. The van der Waals surface area contributed by atoms with E-state index in [0.29, 0.717) is 11.1 Å². The Morgan fingerprint density at radius 3 is 1.20 bits per heavy atom. The highest BCUT2D eigenvalue weighted by Gasteiger charge is 2.63. The van der Waals surface area contributed by atoms with Gasteiger partial charge >= 0.3 is 0 Å². The average Bonchev–Trinajstić information content (AvgIpc) is 2.96. The van der Waals surface area contributed by atoms with E-state index in [-0.39, 0.29) is 5.66 Å². The molecule has 1 rings (SSSR count). The fraction of sp³-hybridized carbons (Fsp3) is 1.00. The monoisotopic (exact) mass is 422 g/mol. The van der Waals surface area contributed by atoms with Crippen LogP contribution in [0.3, 0.4) is 0 Å². The molecule has 0 aromatic rings. The lowest BCUT2D eigenvalue weighted by Crippen LogP contribution is -2.60. The van der Waals surface area contributed by atoms with Crippen LogP contribution in [0.25, 0.3) is 0 Å². The third-order valence-electron chi connectivity index (χ3n) is 8.34. The lowest BCUT2D eigenvalue weighted by molar-refractivity contribution is 0.0105. The van der Waals surface area contributed by atoms with E-state index < -0.39 is 0 Å². The van der Waals surface area contributed by atoms with Crippen LogP contribution in [0.5, 0.6) is 0 Å². The van der Waals surface area contributed by atoms with Crippen molar-refractivity contribution in [1.29, 1.82) is 0 Å². The van der Waals surface area contributed by atoms with Crippen LogP contribution < -0.4 is 5.32 Å². The predicted molar refractivity (Wildman–Crippen MR) is 136 cm³/mol. The van der Waals surface area contributed by atoms with Gasteiger partial charge in [-0.1, -0.05) is 119 Å². The maximum atomic E-state index is 4.54. The second-order valence-corrected chi connectivity index (χ2v) is 10.5. The zero-order valence-corrected chi connectivity index (χ0v) is 22.2. The van der Waals surface area contributed by atoms with Crippen molar-refractivity contribution in [2.45, 2.75) is 174 Å². The molecule has 1 fully saturated rings. The van der Waals surface area contributed by atoms with E-state index in [1.165, 1.54) is 116 Å². The van der Waals surface area contributed by atoms with Gasteiger partial charge in [-0.05, 0) is 45.6 Å². The Kier molecular flexibility index (Phi) is 13.2. The van der Waals surface area contributed by atoms with Crippen molar-refractivity contribution in [1.82, 2.24) is 10.2 Å². The Morgan fingerprint density at radius 1 is 0.500 bits per heavy atom. The van der Waals surface area contributed by atoms with E-state index in [0.717, 1.165) is 0 Å². The van der Waals surface area contributed by atoms with Crippen molar-refractivity contribution in [2.75, 3.05) is 7.05 Å². The summed E-state index contributed by atoms with van der Waals surface area (Å²) >= 11 is 0.